The van der Waals surface area contributed by atoms with Crippen molar-refractivity contribution in [3.63, 3.8) is 0 Å². The van der Waals surface area contributed by atoms with Crippen LogP contribution in [0.15, 0.2) is 12.2 Å². The summed E-state index contributed by atoms with van der Waals surface area (Å²) in [6.07, 6.45) is 0.475. The zero-order chi connectivity index (χ0) is 9.56. The molecule has 0 aromatic rings. The van der Waals surface area contributed by atoms with Crippen LogP contribution in [0.4, 0.5) is 0 Å². The third-order valence-electron chi connectivity index (χ3n) is 1.04. The lowest BCUT2D eigenvalue weighted by Gasteiger charge is -1.98. The van der Waals surface area contributed by atoms with Crippen LogP contribution in [0.1, 0.15) is 6.42 Å². The monoisotopic (exact) mass is 174 g/mol. The fourth-order valence-electron chi connectivity index (χ4n) is 0.505. The van der Waals surface area contributed by atoms with E-state index >= 15 is 0 Å². The second kappa shape index (κ2) is 5.31. The van der Waals surface area contributed by atoms with Gasteiger partial charge in [0.1, 0.15) is 0 Å². The summed E-state index contributed by atoms with van der Waals surface area (Å²) < 4.78 is 4.22. The fourth-order valence-corrected chi connectivity index (χ4v) is 0.505. The number of carbonyl (C=O) groups excluding carboxylic acids is 1. The molecule has 0 unspecified atom stereocenters. The van der Waals surface area contributed by atoms with E-state index in [1.165, 1.54) is 7.11 Å². The fraction of sp³-hybridized carbons (Fsp3) is 0.429. The van der Waals surface area contributed by atoms with E-state index in [1.807, 2.05) is 0 Å². The minimum Gasteiger partial charge on any atom is -0.481 e. The molecule has 68 valence electrons. The normalized spacial score (nSPS) is 12.8. The predicted octanol–water partition coefficient (Wildman–Crippen LogP) is -0.449. The molecular formula is C7H10O5. The van der Waals surface area contributed by atoms with Crippen molar-refractivity contribution in [3.8, 4) is 0 Å². The number of hydrogen-bond donors (Lipinski definition) is 2. The Kier molecular flexibility index (Phi) is 4.71. The second-order valence-corrected chi connectivity index (χ2v) is 2.05. The number of carboxylic acid groups (broad SMARTS) is 1. The third-order valence-corrected chi connectivity index (χ3v) is 1.04. The van der Waals surface area contributed by atoms with Gasteiger partial charge in [0, 0.05) is 6.08 Å². The molecule has 0 spiro atoms. The van der Waals surface area contributed by atoms with E-state index in [0.29, 0.717) is 0 Å². The highest BCUT2D eigenvalue weighted by Crippen LogP contribution is 1.93. The smallest absolute Gasteiger partial charge is 0.330 e. The summed E-state index contributed by atoms with van der Waals surface area (Å²) in [5.41, 5.74) is 0. The molecule has 0 saturated heterocycles. The summed E-state index contributed by atoms with van der Waals surface area (Å²) in [6, 6.07) is 0. The second-order valence-electron chi connectivity index (χ2n) is 2.05. The first kappa shape index (κ1) is 10.6. The first-order chi connectivity index (χ1) is 5.56. The van der Waals surface area contributed by atoms with Gasteiger partial charge in [0.05, 0.1) is 19.6 Å². The molecule has 0 aliphatic carbocycles. The lowest BCUT2D eigenvalue weighted by atomic mass is 10.2. The molecule has 0 bridgehead atoms. The van der Waals surface area contributed by atoms with Gasteiger partial charge in [-0.15, -0.1) is 0 Å². The van der Waals surface area contributed by atoms with Crippen LogP contribution in [-0.2, 0) is 14.3 Å². The Morgan fingerprint density at radius 2 is 2.17 bits per heavy atom. The van der Waals surface area contributed by atoms with E-state index in [2.05, 4.69) is 4.74 Å². The molecule has 0 aromatic heterocycles. The maximum Gasteiger partial charge on any atom is 0.330 e. The summed E-state index contributed by atoms with van der Waals surface area (Å²) in [5, 5.41) is 17.1. The van der Waals surface area contributed by atoms with Crippen LogP contribution in [0.5, 0.6) is 0 Å². The van der Waals surface area contributed by atoms with Gasteiger partial charge in [-0.3, -0.25) is 4.79 Å². The number of esters is 1. The summed E-state index contributed by atoms with van der Waals surface area (Å²) in [5.74, 6) is -1.75. The largest absolute Gasteiger partial charge is 0.481 e. The number of carboxylic acids is 1. The Hall–Kier alpha value is -1.36. The number of aliphatic carboxylic acids is 1. The summed E-state index contributed by atoms with van der Waals surface area (Å²) in [6.45, 7) is 0. The van der Waals surface area contributed by atoms with Crippen molar-refractivity contribution in [2.24, 2.45) is 0 Å². The number of rotatable bonds is 4. The van der Waals surface area contributed by atoms with Crippen molar-refractivity contribution in [1.82, 2.24) is 0 Å². The van der Waals surface area contributed by atoms with Crippen LogP contribution >= 0.6 is 0 Å². The minimum atomic E-state index is -1.15. The van der Waals surface area contributed by atoms with Crippen LogP contribution in [0.2, 0.25) is 0 Å². The lowest BCUT2D eigenvalue weighted by molar-refractivity contribution is -0.139. The highest BCUT2D eigenvalue weighted by Gasteiger charge is 2.05. The molecule has 12 heavy (non-hydrogen) atoms. The quantitative estimate of drug-likeness (QED) is 0.445. The van der Waals surface area contributed by atoms with E-state index < -0.39 is 24.5 Å². The summed E-state index contributed by atoms with van der Waals surface area (Å²) in [4.78, 5) is 20.4. The van der Waals surface area contributed by atoms with Crippen LogP contribution in [0, 0.1) is 0 Å². The first-order valence-corrected chi connectivity index (χ1v) is 3.22. The number of carbonyl (C=O) groups is 2. The number of ether oxygens (including phenoxy) is 1. The molecule has 0 radical (unpaired) electrons. The lowest BCUT2D eigenvalue weighted by Crippen LogP contribution is -2.10. The van der Waals surface area contributed by atoms with E-state index in [1.54, 1.807) is 0 Å². The molecule has 5 heteroatoms. The van der Waals surface area contributed by atoms with E-state index in [0.717, 1.165) is 12.2 Å². The molecular weight excluding hydrogens is 164 g/mol. The van der Waals surface area contributed by atoms with E-state index in [9.17, 15) is 9.59 Å². The van der Waals surface area contributed by atoms with Crippen LogP contribution in [-0.4, -0.2) is 35.4 Å². The molecule has 5 nitrogen and oxygen atoms in total. The number of aliphatic hydroxyl groups is 1. The number of aliphatic hydroxyl groups excluding tert-OH is 1. The van der Waals surface area contributed by atoms with Gasteiger partial charge in [0.15, 0.2) is 0 Å². The number of hydrogen-bond acceptors (Lipinski definition) is 4. The SMILES string of the molecule is COC(=O)/C=C/[C@@H](O)CC(=O)O. The van der Waals surface area contributed by atoms with Crippen molar-refractivity contribution in [1.29, 1.82) is 0 Å². The van der Waals surface area contributed by atoms with Crippen molar-refractivity contribution in [3.05, 3.63) is 12.2 Å². The molecule has 0 rings (SSSR count). The van der Waals surface area contributed by atoms with Gasteiger partial charge in [-0.05, 0) is 6.08 Å². The molecule has 2 N–H and O–H groups in total. The highest BCUT2D eigenvalue weighted by molar-refractivity contribution is 5.82. The van der Waals surface area contributed by atoms with Gasteiger partial charge >= 0.3 is 11.9 Å². The molecule has 0 heterocycles. The Balaban J connectivity index is 3.82. The maximum atomic E-state index is 10.4. The number of methoxy groups -OCH3 is 1. The molecule has 0 fully saturated rings. The summed E-state index contributed by atoms with van der Waals surface area (Å²) >= 11 is 0. The topological polar surface area (TPSA) is 83.8 Å². The molecule has 0 aromatic carbocycles. The van der Waals surface area contributed by atoms with Gasteiger partial charge in [0.25, 0.3) is 0 Å². The van der Waals surface area contributed by atoms with Crippen molar-refractivity contribution < 1.29 is 24.5 Å². The average Bonchev–Trinajstić information content (AvgIpc) is 1.99. The highest BCUT2D eigenvalue weighted by atomic mass is 16.5. The van der Waals surface area contributed by atoms with Crippen LogP contribution < -0.4 is 0 Å². The Morgan fingerprint density at radius 3 is 2.58 bits per heavy atom. The van der Waals surface area contributed by atoms with Gasteiger partial charge in [-0.25, -0.2) is 4.79 Å². The van der Waals surface area contributed by atoms with Gasteiger partial charge in [0.2, 0.25) is 0 Å². The van der Waals surface area contributed by atoms with Crippen LogP contribution in [0.25, 0.3) is 0 Å². The van der Waals surface area contributed by atoms with Crippen molar-refractivity contribution in [2.45, 2.75) is 12.5 Å². The Bertz CT molecular complexity index is 196. The molecule has 0 aliphatic heterocycles. The van der Waals surface area contributed by atoms with E-state index in [4.69, 9.17) is 10.2 Å². The Labute approximate surface area is 69.3 Å². The molecule has 0 amide bonds. The summed E-state index contributed by atoms with van der Waals surface area (Å²) in [7, 11) is 1.19. The van der Waals surface area contributed by atoms with Crippen LogP contribution in [0.3, 0.4) is 0 Å². The molecule has 0 aliphatic rings. The zero-order valence-electron chi connectivity index (χ0n) is 6.56. The van der Waals surface area contributed by atoms with Crippen molar-refractivity contribution >= 4 is 11.9 Å². The van der Waals surface area contributed by atoms with Gasteiger partial charge in [-0.1, -0.05) is 0 Å². The minimum absolute atomic E-state index is 0.423. The zero-order valence-corrected chi connectivity index (χ0v) is 6.56. The first-order valence-electron chi connectivity index (χ1n) is 3.22. The predicted molar refractivity (Wildman–Crippen MR) is 39.4 cm³/mol. The van der Waals surface area contributed by atoms with E-state index in [-0.39, 0.29) is 0 Å². The molecule has 0 saturated carbocycles. The Morgan fingerprint density at radius 1 is 1.58 bits per heavy atom. The standard InChI is InChI=1S/C7H10O5/c1-12-7(11)3-2-5(8)4-6(9)10/h2-3,5,8H,4H2,1H3,(H,9,10)/b3-2+/t5-/m1/s1. The third kappa shape index (κ3) is 5.43. The van der Waals surface area contributed by atoms with Crippen molar-refractivity contribution in [2.75, 3.05) is 7.11 Å². The average molecular weight is 174 g/mol. The maximum absolute atomic E-state index is 10.4. The van der Waals surface area contributed by atoms with Gasteiger partial charge in [-0.2, -0.15) is 0 Å². The molecule has 1 atom stereocenters. The van der Waals surface area contributed by atoms with Gasteiger partial charge < -0.3 is 14.9 Å².